The first-order chi connectivity index (χ1) is 11.6. The minimum absolute atomic E-state index is 0.130. The van der Waals surface area contributed by atoms with Crippen LogP contribution in [0.3, 0.4) is 0 Å². The molecule has 0 amide bonds. The van der Waals surface area contributed by atoms with E-state index in [1.165, 1.54) is 29.6 Å². The van der Waals surface area contributed by atoms with Gasteiger partial charge in [-0.2, -0.15) is 0 Å². The highest BCUT2D eigenvalue weighted by atomic mass is 16.4. The molecule has 0 aliphatic carbocycles. The van der Waals surface area contributed by atoms with Crippen LogP contribution in [0.1, 0.15) is 37.4 Å². The number of likely N-dealkylation sites (tertiary alicyclic amines) is 1. The van der Waals surface area contributed by atoms with Crippen LogP contribution >= 0.6 is 0 Å². The molecule has 2 aromatic rings. The van der Waals surface area contributed by atoms with E-state index in [2.05, 4.69) is 29.4 Å². The average Bonchev–Trinajstić information content (AvgIpc) is 2.97. The van der Waals surface area contributed by atoms with Crippen molar-refractivity contribution in [3.05, 3.63) is 35.5 Å². The topological polar surface area (TPSA) is 77.0 Å². The second-order valence-corrected chi connectivity index (χ2v) is 7.48. The summed E-state index contributed by atoms with van der Waals surface area (Å²) in [5.41, 5.74) is 3.45. The Morgan fingerprint density at radius 3 is 2.83 bits per heavy atom. The minimum Gasteiger partial charge on any atom is -0.544 e. The Hall–Kier alpha value is -1.85. The maximum atomic E-state index is 11.7. The van der Waals surface area contributed by atoms with E-state index in [1.54, 1.807) is 4.90 Å². The van der Waals surface area contributed by atoms with E-state index in [-0.39, 0.29) is 5.54 Å². The zero-order valence-corrected chi connectivity index (χ0v) is 14.2. The van der Waals surface area contributed by atoms with Crippen LogP contribution in [0.25, 0.3) is 10.9 Å². The highest BCUT2D eigenvalue weighted by molar-refractivity contribution is 5.86. The summed E-state index contributed by atoms with van der Waals surface area (Å²) >= 11 is 0. The van der Waals surface area contributed by atoms with E-state index in [9.17, 15) is 9.90 Å². The Balaban J connectivity index is 1.76. The van der Waals surface area contributed by atoms with E-state index in [0.717, 1.165) is 31.4 Å². The molecule has 2 aliphatic rings. The standard InChI is InChI=1S/C19H25N3O2/c1-2-9-22-10-7-19(8-11-22)17-14(12-16(21-19)18(23)24)13-5-3-4-6-15(13)20-17/h3-6,16,20-21H,2,7-12H2,1H3,(H,23,24)/p+1/t16-/m1/s1. The largest absolute Gasteiger partial charge is 0.544 e. The van der Waals surface area contributed by atoms with Crippen molar-refractivity contribution in [3.63, 3.8) is 0 Å². The summed E-state index contributed by atoms with van der Waals surface area (Å²) in [5, 5.41) is 14.9. The lowest BCUT2D eigenvalue weighted by atomic mass is 9.77. The summed E-state index contributed by atoms with van der Waals surface area (Å²) in [6, 6.07) is 7.78. The fraction of sp³-hybridized carbons (Fsp3) is 0.526. The number of aromatic amines is 1. The van der Waals surface area contributed by atoms with E-state index >= 15 is 0 Å². The molecule has 5 heteroatoms. The van der Waals surface area contributed by atoms with Crippen molar-refractivity contribution < 1.29 is 20.1 Å². The molecule has 1 spiro atoms. The van der Waals surface area contributed by atoms with Crippen molar-refractivity contribution in [2.75, 3.05) is 19.6 Å². The van der Waals surface area contributed by atoms with Gasteiger partial charge in [0.2, 0.25) is 0 Å². The van der Waals surface area contributed by atoms with Crippen LogP contribution in [0.15, 0.2) is 24.3 Å². The number of piperidine rings is 1. The molecule has 0 bridgehead atoms. The number of carbonyl (C=O) groups excluding carboxylic acids is 1. The minimum atomic E-state index is -0.936. The summed E-state index contributed by atoms with van der Waals surface area (Å²) in [6.45, 7) is 5.66. The van der Waals surface area contributed by atoms with Gasteiger partial charge in [0.1, 0.15) is 11.6 Å². The number of quaternary nitrogens is 2. The van der Waals surface area contributed by atoms with Gasteiger partial charge in [-0.1, -0.05) is 25.1 Å². The number of nitrogens with two attached hydrogens (primary N) is 1. The molecule has 5 nitrogen and oxygen atoms in total. The summed E-state index contributed by atoms with van der Waals surface area (Å²) in [7, 11) is 0. The number of hydrogen-bond donors (Lipinski definition) is 3. The second kappa shape index (κ2) is 5.90. The van der Waals surface area contributed by atoms with Gasteiger partial charge in [-0.15, -0.1) is 0 Å². The Labute approximate surface area is 142 Å². The predicted octanol–water partition coefficient (Wildman–Crippen LogP) is -1.31. The smallest absolute Gasteiger partial charge is 0.148 e. The number of rotatable bonds is 3. The van der Waals surface area contributed by atoms with Crippen molar-refractivity contribution >= 4 is 16.9 Å². The number of aliphatic carboxylic acids is 1. The SMILES string of the molecule is CCC[NH+]1CCC2(CC1)[NH2+][C@@H](C(=O)[O-])Cc1c2[nH]c2ccccc12. The molecular formula is C19H26N3O2+. The lowest BCUT2D eigenvalue weighted by Gasteiger charge is -2.42. The number of para-hydroxylation sites is 1. The van der Waals surface area contributed by atoms with Gasteiger partial charge in [-0.25, -0.2) is 0 Å². The Morgan fingerprint density at radius 1 is 1.38 bits per heavy atom. The van der Waals surface area contributed by atoms with Crippen molar-refractivity contribution in [2.45, 2.75) is 44.2 Å². The number of carboxylic acids is 1. The van der Waals surface area contributed by atoms with Crippen LogP contribution < -0.4 is 15.3 Å². The van der Waals surface area contributed by atoms with Crippen molar-refractivity contribution in [1.82, 2.24) is 4.98 Å². The zero-order valence-electron chi connectivity index (χ0n) is 14.2. The van der Waals surface area contributed by atoms with E-state index in [1.807, 2.05) is 12.1 Å². The second-order valence-electron chi connectivity index (χ2n) is 7.48. The molecule has 128 valence electrons. The molecule has 1 aromatic carbocycles. The Kier molecular flexibility index (Phi) is 3.85. The molecule has 0 radical (unpaired) electrons. The van der Waals surface area contributed by atoms with Crippen LogP contribution in [-0.4, -0.2) is 36.6 Å². The normalized spacial score (nSPS) is 29.7. The molecule has 4 N–H and O–H groups in total. The number of carboxylic acid groups (broad SMARTS) is 1. The van der Waals surface area contributed by atoms with Crippen molar-refractivity contribution in [3.8, 4) is 0 Å². The quantitative estimate of drug-likeness (QED) is 0.654. The predicted molar refractivity (Wildman–Crippen MR) is 89.5 cm³/mol. The van der Waals surface area contributed by atoms with Gasteiger partial charge in [0, 0.05) is 17.3 Å². The Morgan fingerprint density at radius 2 is 2.12 bits per heavy atom. The maximum absolute atomic E-state index is 11.7. The fourth-order valence-corrected chi connectivity index (χ4v) is 4.81. The highest BCUT2D eigenvalue weighted by Crippen LogP contribution is 2.35. The third kappa shape index (κ3) is 2.43. The lowest BCUT2D eigenvalue weighted by molar-refractivity contribution is -0.921. The third-order valence-corrected chi connectivity index (χ3v) is 6.01. The number of aromatic nitrogens is 1. The van der Waals surface area contributed by atoms with E-state index in [0.29, 0.717) is 6.42 Å². The van der Waals surface area contributed by atoms with Crippen LogP contribution in [0.5, 0.6) is 0 Å². The van der Waals surface area contributed by atoms with Crippen molar-refractivity contribution in [2.24, 2.45) is 0 Å². The monoisotopic (exact) mass is 328 g/mol. The van der Waals surface area contributed by atoms with E-state index < -0.39 is 12.0 Å². The van der Waals surface area contributed by atoms with Gasteiger partial charge in [0.15, 0.2) is 0 Å². The molecule has 0 unspecified atom stereocenters. The van der Waals surface area contributed by atoms with Crippen LogP contribution in [0.4, 0.5) is 0 Å². The Bertz CT molecular complexity index is 759. The zero-order chi connectivity index (χ0) is 16.7. The van der Waals surface area contributed by atoms with Gasteiger partial charge >= 0.3 is 0 Å². The summed E-state index contributed by atoms with van der Waals surface area (Å²) in [6.07, 6.45) is 3.79. The number of fused-ring (bicyclic) bond motifs is 4. The molecule has 1 fully saturated rings. The molecule has 1 aromatic heterocycles. The van der Waals surface area contributed by atoms with Crippen LogP contribution in [-0.2, 0) is 16.8 Å². The molecule has 4 rings (SSSR count). The average molecular weight is 328 g/mol. The molecule has 24 heavy (non-hydrogen) atoms. The van der Waals surface area contributed by atoms with Gasteiger partial charge < -0.3 is 25.1 Å². The van der Waals surface area contributed by atoms with Crippen molar-refractivity contribution in [1.29, 1.82) is 0 Å². The highest BCUT2D eigenvalue weighted by Gasteiger charge is 2.49. The number of H-pyrrole nitrogens is 1. The first-order valence-corrected chi connectivity index (χ1v) is 9.13. The number of nitrogens with one attached hydrogen (secondary N) is 2. The number of carbonyl (C=O) groups is 1. The van der Waals surface area contributed by atoms with E-state index in [4.69, 9.17) is 0 Å². The summed E-state index contributed by atoms with van der Waals surface area (Å²) in [4.78, 5) is 16.9. The number of benzene rings is 1. The molecular weight excluding hydrogens is 302 g/mol. The first kappa shape index (κ1) is 15.7. The lowest BCUT2D eigenvalue weighted by Crippen LogP contribution is -3.16. The fourth-order valence-electron chi connectivity index (χ4n) is 4.81. The molecule has 1 saturated heterocycles. The first-order valence-electron chi connectivity index (χ1n) is 9.13. The van der Waals surface area contributed by atoms with Gasteiger partial charge in [-0.05, 0) is 18.1 Å². The molecule has 2 aliphatic heterocycles. The van der Waals surface area contributed by atoms with Gasteiger partial charge in [0.25, 0.3) is 0 Å². The van der Waals surface area contributed by atoms with Gasteiger partial charge in [-0.3, -0.25) is 0 Å². The number of hydrogen-bond acceptors (Lipinski definition) is 2. The summed E-state index contributed by atoms with van der Waals surface area (Å²) < 4.78 is 0. The van der Waals surface area contributed by atoms with Crippen LogP contribution in [0.2, 0.25) is 0 Å². The van der Waals surface area contributed by atoms with Crippen LogP contribution in [0, 0.1) is 0 Å². The van der Waals surface area contributed by atoms with Gasteiger partial charge in [0.05, 0.1) is 44.1 Å². The molecule has 1 atom stereocenters. The molecule has 0 saturated carbocycles. The molecule has 3 heterocycles. The maximum Gasteiger partial charge on any atom is 0.148 e. The summed E-state index contributed by atoms with van der Waals surface area (Å²) in [5.74, 6) is -0.936. The third-order valence-electron chi connectivity index (χ3n) is 6.01.